The van der Waals surface area contributed by atoms with Crippen LogP contribution in [0.1, 0.15) is 34.2 Å². The van der Waals surface area contributed by atoms with E-state index in [1.54, 1.807) is 16.4 Å². The van der Waals surface area contributed by atoms with Crippen LogP contribution in [0.2, 0.25) is 0 Å². The molecule has 35 heavy (non-hydrogen) atoms. The largest absolute Gasteiger partial charge is 0.269 e. The molecule has 4 aromatic rings. The van der Waals surface area contributed by atoms with Crippen LogP contribution >= 0.6 is 0 Å². The van der Waals surface area contributed by atoms with Crippen LogP contribution in [0.4, 0.5) is 0 Å². The Morgan fingerprint density at radius 2 is 1.17 bits per heavy atom. The van der Waals surface area contributed by atoms with E-state index in [0.717, 1.165) is 28.0 Å². The third-order valence-electron chi connectivity index (χ3n) is 6.89. The molecule has 4 aromatic carbocycles. The first-order valence-electron chi connectivity index (χ1n) is 11.9. The van der Waals surface area contributed by atoms with E-state index >= 15 is 0 Å². The van der Waals surface area contributed by atoms with Crippen LogP contribution in [-0.4, -0.2) is 19.3 Å². The van der Waals surface area contributed by atoms with Crippen molar-refractivity contribution in [3.05, 3.63) is 143 Å². The summed E-state index contributed by atoms with van der Waals surface area (Å²) >= 11 is 0. The summed E-state index contributed by atoms with van der Waals surface area (Å²) in [5.41, 5.74) is 5.73. The van der Waals surface area contributed by atoms with E-state index in [2.05, 4.69) is 43.3 Å². The number of hydrogen-bond donors (Lipinski definition) is 0. The maximum Gasteiger partial charge on any atom is 0.264 e. The molecule has 0 amide bonds. The number of sulfonamides is 1. The molecule has 0 unspecified atom stereocenters. The molecule has 5 rings (SSSR count). The van der Waals surface area contributed by atoms with Gasteiger partial charge in [0.15, 0.2) is 0 Å². The van der Waals surface area contributed by atoms with Gasteiger partial charge in [0.2, 0.25) is 0 Å². The van der Waals surface area contributed by atoms with Gasteiger partial charge in [-0.15, -0.1) is 0 Å². The molecule has 0 spiro atoms. The molecule has 176 valence electrons. The van der Waals surface area contributed by atoms with Gasteiger partial charge in [-0.05, 0) is 48.7 Å². The summed E-state index contributed by atoms with van der Waals surface area (Å²) in [5.74, 6) is 0. The first-order chi connectivity index (χ1) is 16.9. The predicted molar refractivity (Wildman–Crippen MR) is 143 cm³/mol. The highest BCUT2D eigenvalue weighted by atomic mass is 32.2. The molecule has 3 nitrogen and oxygen atoms in total. The van der Waals surface area contributed by atoms with Gasteiger partial charge in [-0.2, -0.15) is 0 Å². The third kappa shape index (κ3) is 4.42. The molecule has 4 heteroatoms. The number of aryl methyl sites for hydroxylation is 2. The molecule has 0 aliphatic carbocycles. The van der Waals surface area contributed by atoms with Crippen LogP contribution < -0.4 is 0 Å². The van der Waals surface area contributed by atoms with Crippen LogP contribution in [0.3, 0.4) is 0 Å². The van der Waals surface area contributed by atoms with Gasteiger partial charge in [-0.1, -0.05) is 108 Å². The Kier molecular flexibility index (Phi) is 6.08. The van der Waals surface area contributed by atoms with E-state index in [-0.39, 0.29) is 0 Å². The zero-order valence-electron chi connectivity index (χ0n) is 20.1. The molecule has 0 bridgehead atoms. The molecule has 0 aromatic heterocycles. The highest BCUT2D eigenvalue weighted by Gasteiger charge is 2.47. The topological polar surface area (TPSA) is 37.4 Å². The Balaban J connectivity index is 1.70. The molecule has 1 aliphatic heterocycles. The minimum absolute atomic E-state index is 0.315. The summed E-state index contributed by atoms with van der Waals surface area (Å²) in [6.45, 7) is 4.36. The second-order valence-electron chi connectivity index (χ2n) is 9.36. The summed E-state index contributed by atoms with van der Waals surface area (Å²) in [4.78, 5) is 0.315. The number of rotatable bonds is 5. The van der Waals surface area contributed by atoms with E-state index in [4.69, 9.17) is 0 Å². The Hall–Kier alpha value is -3.63. The lowest BCUT2D eigenvalue weighted by atomic mass is 9.73. The highest BCUT2D eigenvalue weighted by Crippen LogP contribution is 2.47. The highest BCUT2D eigenvalue weighted by molar-refractivity contribution is 7.89. The zero-order valence-corrected chi connectivity index (χ0v) is 20.9. The lowest BCUT2D eigenvalue weighted by Crippen LogP contribution is -2.35. The lowest BCUT2D eigenvalue weighted by Gasteiger charge is -2.30. The average Bonchev–Trinajstić information content (AvgIpc) is 3.28. The normalized spacial score (nSPS) is 16.5. The van der Waals surface area contributed by atoms with Crippen LogP contribution in [0.25, 0.3) is 6.08 Å². The van der Waals surface area contributed by atoms with Gasteiger partial charge in [-0.3, -0.25) is 4.31 Å². The van der Waals surface area contributed by atoms with Crippen molar-refractivity contribution in [1.82, 2.24) is 4.31 Å². The summed E-state index contributed by atoms with van der Waals surface area (Å²) in [7, 11) is -3.75. The molecule has 1 heterocycles. The van der Waals surface area contributed by atoms with Crippen molar-refractivity contribution >= 4 is 16.1 Å². The van der Waals surface area contributed by atoms with Crippen molar-refractivity contribution in [1.29, 1.82) is 0 Å². The fourth-order valence-corrected chi connectivity index (χ4v) is 6.47. The molecule has 1 saturated heterocycles. The molecule has 1 fully saturated rings. The second-order valence-corrected chi connectivity index (χ2v) is 11.2. The van der Waals surface area contributed by atoms with E-state index < -0.39 is 15.4 Å². The lowest BCUT2D eigenvalue weighted by molar-refractivity contribution is 0.470. The molecular weight excluding hydrogens is 450 g/mol. The standard InChI is InChI=1S/C31H29NO2S/c1-24-13-17-26(18-14-24)21-29-22-31(27-9-5-3-6-10-27,28-11-7-4-8-12-28)23-32(29)35(33,34)30-19-15-25(2)16-20-30/h3-21H,22-23H2,1-2H3/b29-21-. The smallest absolute Gasteiger partial charge is 0.264 e. The quantitative estimate of drug-likeness (QED) is 0.318. The van der Waals surface area contributed by atoms with Gasteiger partial charge in [0.05, 0.1) is 4.90 Å². The van der Waals surface area contributed by atoms with Crippen molar-refractivity contribution in [2.45, 2.75) is 30.6 Å². The van der Waals surface area contributed by atoms with Gasteiger partial charge in [0.1, 0.15) is 0 Å². The van der Waals surface area contributed by atoms with Gasteiger partial charge < -0.3 is 0 Å². The molecule has 0 N–H and O–H groups in total. The van der Waals surface area contributed by atoms with E-state index in [1.165, 1.54) is 5.56 Å². The van der Waals surface area contributed by atoms with Crippen LogP contribution in [-0.2, 0) is 15.4 Å². The van der Waals surface area contributed by atoms with Crippen molar-refractivity contribution in [3.8, 4) is 0 Å². The minimum Gasteiger partial charge on any atom is -0.269 e. The van der Waals surface area contributed by atoms with Gasteiger partial charge >= 0.3 is 0 Å². The van der Waals surface area contributed by atoms with E-state index in [1.807, 2.05) is 73.7 Å². The third-order valence-corrected chi connectivity index (χ3v) is 8.70. The first-order valence-corrected chi connectivity index (χ1v) is 13.3. The Labute approximate surface area is 208 Å². The molecule has 0 radical (unpaired) electrons. The monoisotopic (exact) mass is 479 g/mol. The van der Waals surface area contributed by atoms with E-state index in [0.29, 0.717) is 17.9 Å². The number of allylic oxidation sites excluding steroid dienone is 1. The van der Waals surface area contributed by atoms with Crippen molar-refractivity contribution < 1.29 is 8.42 Å². The number of benzene rings is 4. The van der Waals surface area contributed by atoms with Crippen LogP contribution in [0.5, 0.6) is 0 Å². The minimum atomic E-state index is -3.75. The number of nitrogens with zero attached hydrogens (tertiary/aromatic N) is 1. The average molecular weight is 480 g/mol. The summed E-state index contributed by atoms with van der Waals surface area (Å²) in [6.07, 6.45) is 2.61. The Morgan fingerprint density at radius 1 is 0.686 bits per heavy atom. The van der Waals surface area contributed by atoms with Crippen LogP contribution in [0.15, 0.2) is 120 Å². The fraction of sp³-hybridized carbons (Fsp3) is 0.161. The van der Waals surface area contributed by atoms with Crippen LogP contribution in [0, 0.1) is 13.8 Å². The van der Waals surface area contributed by atoms with Gasteiger partial charge in [0.25, 0.3) is 10.0 Å². The second kappa shape index (κ2) is 9.20. The maximum atomic E-state index is 14.0. The predicted octanol–water partition coefficient (Wildman–Crippen LogP) is 6.73. The molecule has 0 atom stereocenters. The van der Waals surface area contributed by atoms with Crippen molar-refractivity contribution in [3.63, 3.8) is 0 Å². The fourth-order valence-electron chi connectivity index (χ4n) is 4.92. The SMILES string of the molecule is Cc1ccc(/C=C2/CC(c3ccccc3)(c3ccccc3)CN2S(=O)(=O)c2ccc(C)cc2)cc1. The van der Waals surface area contributed by atoms with Gasteiger partial charge in [-0.25, -0.2) is 8.42 Å². The maximum absolute atomic E-state index is 14.0. The zero-order chi connectivity index (χ0) is 24.5. The number of hydrogen-bond acceptors (Lipinski definition) is 2. The molecule has 0 saturated carbocycles. The Bertz CT molecular complexity index is 1400. The first kappa shape index (κ1) is 23.1. The summed E-state index contributed by atoms with van der Waals surface area (Å²) < 4.78 is 29.7. The summed E-state index contributed by atoms with van der Waals surface area (Å²) in [5, 5.41) is 0. The molecule has 1 aliphatic rings. The Morgan fingerprint density at radius 3 is 1.69 bits per heavy atom. The van der Waals surface area contributed by atoms with Gasteiger partial charge in [0, 0.05) is 24.1 Å². The summed E-state index contributed by atoms with van der Waals surface area (Å²) in [6, 6.07) is 35.9. The van der Waals surface area contributed by atoms with E-state index in [9.17, 15) is 8.42 Å². The van der Waals surface area contributed by atoms with Crippen molar-refractivity contribution in [2.24, 2.45) is 0 Å². The van der Waals surface area contributed by atoms with Crippen molar-refractivity contribution in [2.75, 3.05) is 6.54 Å². The molecular formula is C31H29NO2S.